The van der Waals surface area contributed by atoms with E-state index in [1.165, 1.54) is 26.2 Å². The smallest absolute Gasteiger partial charge is 0.255 e. The maximum Gasteiger partial charge on any atom is 0.255 e. The highest BCUT2D eigenvalue weighted by Gasteiger charge is 2.16. The molecule has 1 aromatic carbocycles. The molecule has 0 aliphatic carbocycles. The summed E-state index contributed by atoms with van der Waals surface area (Å²) in [5.41, 5.74) is 0.735. The first kappa shape index (κ1) is 17.3. The molecule has 1 aromatic rings. The van der Waals surface area contributed by atoms with Gasteiger partial charge in [-0.3, -0.25) is 9.59 Å². The number of hydrogen-bond acceptors (Lipinski definition) is 4. The first-order valence-corrected chi connectivity index (χ1v) is 7.01. The number of benzene rings is 1. The van der Waals surface area contributed by atoms with Crippen LogP contribution in [0.15, 0.2) is 12.1 Å². The highest BCUT2D eigenvalue weighted by molar-refractivity contribution is 6.34. The molecule has 116 valence electrons. The number of hydrogen-bond donors (Lipinski definition) is 3. The molecular weight excluding hydrogens is 294 g/mol. The molecule has 0 fully saturated rings. The summed E-state index contributed by atoms with van der Waals surface area (Å²) >= 11 is 6.07. The Balaban J connectivity index is 2.88. The zero-order valence-electron chi connectivity index (χ0n) is 12.4. The van der Waals surface area contributed by atoms with Crippen LogP contribution in [0.4, 0.5) is 5.69 Å². The van der Waals surface area contributed by atoms with Gasteiger partial charge >= 0.3 is 0 Å². The number of likely N-dealkylation sites (N-methyl/N-ethyl adjacent to an activating group) is 1. The van der Waals surface area contributed by atoms with Crippen LogP contribution in [-0.2, 0) is 4.79 Å². The predicted octanol–water partition coefficient (Wildman–Crippen LogP) is 1.65. The molecule has 3 N–H and O–H groups in total. The molecule has 2 amide bonds. The molecule has 0 atom stereocenters. The van der Waals surface area contributed by atoms with Crippen LogP contribution in [0.1, 0.15) is 24.2 Å². The second kappa shape index (κ2) is 8.49. The minimum atomic E-state index is -0.277. The number of anilines is 1. The van der Waals surface area contributed by atoms with Gasteiger partial charge in [-0.2, -0.15) is 0 Å². The molecule has 0 aliphatic rings. The van der Waals surface area contributed by atoms with E-state index in [9.17, 15) is 9.59 Å². The van der Waals surface area contributed by atoms with E-state index in [1.54, 1.807) is 0 Å². The molecule has 7 heteroatoms. The van der Waals surface area contributed by atoms with E-state index >= 15 is 0 Å². The summed E-state index contributed by atoms with van der Waals surface area (Å²) < 4.78 is 5.18. The van der Waals surface area contributed by atoms with Crippen LogP contribution in [-0.4, -0.2) is 38.6 Å². The van der Waals surface area contributed by atoms with E-state index in [2.05, 4.69) is 16.0 Å². The van der Waals surface area contributed by atoms with E-state index in [0.29, 0.717) is 30.1 Å². The maximum absolute atomic E-state index is 12.1. The van der Waals surface area contributed by atoms with Crippen LogP contribution in [0.3, 0.4) is 0 Å². The third-order valence-corrected chi connectivity index (χ3v) is 2.99. The Kier molecular flexibility index (Phi) is 6.98. The summed E-state index contributed by atoms with van der Waals surface area (Å²) in [6.45, 7) is 5.40. The number of carbonyl (C=O) groups excluding carboxylic acids is 2. The summed E-state index contributed by atoms with van der Waals surface area (Å²) in [6, 6.07) is 3.01. The Bertz CT molecular complexity index is 520. The average molecular weight is 314 g/mol. The molecule has 0 saturated heterocycles. The summed E-state index contributed by atoms with van der Waals surface area (Å²) in [5.74, 6) is -0.174. The topological polar surface area (TPSA) is 79.5 Å². The van der Waals surface area contributed by atoms with Gasteiger partial charge in [-0.1, -0.05) is 18.5 Å². The Hall–Kier alpha value is -1.79. The molecule has 0 bridgehead atoms. The highest BCUT2D eigenvalue weighted by Crippen LogP contribution is 2.30. The number of amides is 2. The largest absolute Gasteiger partial charge is 0.496 e. The summed E-state index contributed by atoms with van der Waals surface area (Å²) in [6.07, 6.45) is 0. The molecule has 0 heterocycles. The van der Waals surface area contributed by atoms with Crippen molar-refractivity contribution >= 4 is 29.1 Å². The fourth-order valence-corrected chi connectivity index (χ4v) is 1.93. The Morgan fingerprint density at radius 3 is 2.57 bits per heavy atom. The van der Waals surface area contributed by atoms with Gasteiger partial charge in [0.25, 0.3) is 5.91 Å². The number of ether oxygens (including phenoxy) is 1. The van der Waals surface area contributed by atoms with Gasteiger partial charge in [0.05, 0.1) is 23.4 Å². The molecule has 0 aromatic heterocycles. The number of rotatable bonds is 7. The molecule has 6 nitrogen and oxygen atoms in total. The van der Waals surface area contributed by atoms with Crippen molar-refractivity contribution in [3.05, 3.63) is 22.7 Å². The van der Waals surface area contributed by atoms with Gasteiger partial charge < -0.3 is 20.7 Å². The van der Waals surface area contributed by atoms with Gasteiger partial charge in [-0.15, -0.1) is 0 Å². The zero-order valence-corrected chi connectivity index (χ0v) is 13.1. The summed E-state index contributed by atoms with van der Waals surface area (Å²) in [4.78, 5) is 23.2. The van der Waals surface area contributed by atoms with Crippen molar-refractivity contribution in [2.24, 2.45) is 0 Å². The molecule has 21 heavy (non-hydrogen) atoms. The van der Waals surface area contributed by atoms with Crippen molar-refractivity contribution in [2.45, 2.75) is 13.8 Å². The average Bonchev–Trinajstić information content (AvgIpc) is 2.44. The summed E-state index contributed by atoms with van der Waals surface area (Å²) in [5, 5.41) is 8.74. The lowest BCUT2D eigenvalue weighted by molar-refractivity contribution is -0.114. The van der Waals surface area contributed by atoms with Crippen LogP contribution in [0.5, 0.6) is 5.75 Å². The molecule has 0 saturated carbocycles. The Morgan fingerprint density at radius 1 is 1.29 bits per heavy atom. The van der Waals surface area contributed by atoms with Crippen LogP contribution in [0.25, 0.3) is 0 Å². The fourth-order valence-electron chi connectivity index (χ4n) is 1.72. The number of methoxy groups -OCH3 is 1. The second-order valence-electron chi connectivity index (χ2n) is 4.32. The number of halogens is 1. The minimum absolute atomic E-state index is 0.248. The van der Waals surface area contributed by atoms with Crippen molar-refractivity contribution in [3.63, 3.8) is 0 Å². The maximum atomic E-state index is 12.1. The van der Waals surface area contributed by atoms with Gasteiger partial charge in [0.15, 0.2) is 0 Å². The van der Waals surface area contributed by atoms with Crippen LogP contribution >= 0.6 is 11.6 Å². The predicted molar refractivity (Wildman–Crippen MR) is 83.2 cm³/mol. The lowest BCUT2D eigenvalue weighted by Gasteiger charge is -2.13. The van der Waals surface area contributed by atoms with Crippen molar-refractivity contribution < 1.29 is 14.3 Å². The van der Waals surface area contributed by atoms with Gasteiger partial charge in [-0.05, 0) is 12.6 Å². The fraction of sp³-hybridized carbons (Fsp3) is 0.429. The van der Waals surface area contributed by atoms with Gasteiger partial charge in [0, 0.05) is 26.1 Å². The summed E-state index contributed by atoms with van der Waals surface area (Å²) in [7, 11) is 1.45. The lowest BCUT2D eigenvalue weighted by atomic mass is 10.1. The quantitative estimate of drug-likeness (QED) is 0.669. The van der Waals surface area contributed by atoms with Crippen molar-refractivity contribution in [2.75, 3.05) is 32.1 Å². The molecule has 0 aliphatic heterocycles. The highest BCUT2D eigenvalue weighted by atomic mass is 35.5. The van der Waals surface area contributed by atoms with Crippen molar-refractivity contribution in [1.82, 2.24) is 10.6 Å². The SMILES string of the molecule is CCNCCNC(=O)c1cc(Cl)c(NC(C)=O)cc1OC. The monoisotopic (exact) mass is 313 g/mol. The van der Waals surface area contributed by atoms with Gasteiger partial charge in [0.2, 0.25) is 5.91 Å². The van der Waals surface area contributed by atoms with E-state index in [1.807, 2.05) is 6.92 Å². The zero-order chi connectivity index (χ0) is 15.8. The molecule has 0 unspecified atom stereocenters. The van der Waals surface area contributed by atoms with E-state index in [0.717, 1.165) is 6.54 Å². The Labute approximate surface area is 129 Å². The van der Waals surface area contributed by atoms with Gasteiger partial charge in [-0.25, -0.2) is 0 Å². The Morgan fingerprint density at radius 2 is 2.00 bits per heavy atom. The third-order valence-electron chi connectivity index (χ3n) is 2.68. The molecule has 1 rings (SSSR count). The number of carbonyl (C=O) groups is 2. The normalized spacial score (nSPS) is 10.1. The van der Waals surface area contributed by atoms with Crippen LogP contribution in [0.2, 0.25) is 5.02 Å². The van der Waals surface area contributed by atoms with Crippen molar-refractivity contribution in [3.8, 4) is 5.75 Å². The lowest BCUT2D eigenvalue weighted by Crippen LogP contribution is -2.32. The van der Waals surface area contributed by atoms with E-state index in [-0.39, 0.29) is 16.8 Å². The molecular formula is C14H20ClN3O3. The standard InChI is InChI=1S/C14H20ClN3O3/c1-4-16-5-6-17-14(20)10-7-11(15)12(18-9(2)19)8-13(10)21-3/h7-8,16H,4-6H2,1-3H3,(H,17,20)(H,18,19). The molecule has 0 radical (unpaired) electrons. The second-order valence-corrected chi connectivity index (χ2v) is 4.73. The first-order chi connectivity index (χ1) is 9.99. The third kappa shape index (κ3) is 5.24. The van der Waals surface area contributed by atoms with E-state index in [4.69, 9.17) is 16.3 Å². The minimum Gasteiger partial charge on any atom is -0.496 e. The van der Waals surface area contributed by atoms with Crippen molar-refractivity contribution in [1.29, 1.82) is 0 Å². The first-order valence-electron chi connectivity index (χ1n) is 6.63. The number of nitrogens with one attached hydrogen (secondary N) is 3. The molecule has 0 spiro atoms. The van der Waals surface area contributed by atoms with Crippen LogP contribution in [0, 0.1) is 0 Å². The van der Waals surface area contributed by atoms with Crippen LogP contribution < -0.4 is 20.7 Å². The van der Waals surface area contributed by atoms with Gasteiger partial charge in [0.1, 0.15) is 5.75 Å². The van der Waals surface area contributed by atoms with E-state index < -0.39 is 0 Å².